The minimum absolute atomic E-state index is 0. The minimum Gasteiger partial charge on any atom is -0.756 e. The topological polar surface area (TPSA) is 58.6 Å². The molecule has 2 atom stereocenters. The maximum Gasteiger partial charge on any atom is 1.00 e. The Hall–Kier alpha value is 0.629. The molecule has 0 N–H and O–H groups in total. The van der Waals surface area contributed by atoms with Crippen molar-refractivity contribution in [1.82, 2.24) is 0 Å². The molecule has 0 aliphatic carbocycles. The van der Waals surface area contributed by atoms with Gasteiger partial charge in [-0.2, -0.15) is 0 Å². The summed E-state index contributed by atoms with van der Waals surface area (Å²) in [5.41, 5.74) is 0. The molecule has 0 spiro atoms. The van der Waals surface area contributed by atoms with Crippen LogP contribution >= 0.6 is 7.82 Å². The van der Waals surface area contributed by atoms with E-state index in [2.05, 4.69) is 27.7 Å². The number of unbranched alkanes of at least 4 members (excludes halogenated alkanes) is 2. The van der Waals surface area contributed by atoms with E-state index < -0.39 is 7.82 Å². The molecule has 0 aromatic carbocycles. The zero-order valence-electron chi connectivity index (χ0n) is 14.7. The van der Waals surface area contributed by atoms with Crippen molar-refractivity contribution < 1.29 is 35.6 Å². The van der Waals surface area contributed by atoms with Gasteiger partial charge in [0, 0.05) is 0 Å². The van der Waals surface area contributed by atoms with Crippen molar-refractivity contribution in [2.75, 3.05) is 13.2 Å². The Labute approximate surface area is 147 Å². The molecule has 2 unspecified atom stereocenters. The SMILES string of the molecule is CCCCC(CC)COP(=O)([O-])OCC(CC)CCCC.[Fe+]. The molecule has 6 heteroatoms. The molecule has 0 amide bonds. The van der Waals surface area contributed by atoms with Crippen LogP contribution in [0.5, 0.6) is 0 Å². The van der Waals surface area contributed by atoms with Gasteiger partial charge in [0.2, 0.25) is 0 Å². The van der Waals surface area contributed by atoms with E-state index >= 15 is 0 Å². The molecule has 0 aromatic heterocycles. The monoisotopic (exact) mass is 377 g/mol. The number of rotatable bonds is 14. The Kier molecular flexibility index (Phi) is 17.2. The molecule has 0 aliphatic rings. The second kappa shape index (κ2) is 15.2. The van der Waals surface area contributed by atoms with Crippen LogP contribution < -0.4 is 4.89 Å². The van der Waals surface area contributed by atoms with E-state index in [-0.39, 0.29) is 30.3 Å². The van der Waals surface area contributed by atoms with Gasteiger partial charge >= 0.3 is 17.1 Å². The van der Waals surface area contributed by atoms with E-state index in [1.54, 1.807) is 0 Å². The van der Waals surface area contributed by atoms with E-state index in [9.17, 15) is 9.46 Å². The van der Waals surface area contributed by atoms with Crippen molar-refractivity contribution in [3.63, 3.8) is 0 Å². The third kappa shape index (κ3) is 13.1. The summed E-state index contributed by atoms with van der Waals surface area (Å²) in [6.07, 6.45) is 8.38. The standard InChI is InChI=1S/C16H35O4P.Fe/c1-5-9-11-15(7-3)13-19-21(17,18)20-14-16(8-4)12-10-6-2;/h15-16H,5-14H2,1-4H3,(H,17,18);/q;+1/p-1. The van der Waals surface area contributed by atoms with E-state index in [0.717, 1.165) is 51.4 Å². The minimum atomic E-state index is -4.14. The summed E-state index contributed by atoms with van der Waals surface area (Å²) in [4.78, 5) is 11.8. The van der Waals surface area contributed by atoms with Gasteiger partial charge in [-0.05, 0) is 24.7 Å². The zero-order chi connectivity index (χ0) is 16.1. The Morgan fingerprint density at radius 1 is 0.864 bits per heavy atom. The molecular weight excluding hydrogens is 343 g/mol. The van der Waals surface area contributed by atoms with Gasteiger partial charge in [0.15, 0.2) is 0 Å². The van der Waals surface area contributed by atoms with Crippen LogP contribution in [0.1, 0.15) is 79.1 Å². The average Bonchev–Trinajstić information content (AvgIpc) is 2.47. The second-order valence-corrected chi connectivity index (χ2v) is 7.28. The summed E-state index contributed by atoms with van der Waals surface area (Å²) in [6, 6.07) is 0. The van der Waals surface area contributed by atoms with Crippen LogP contribution in [0.2, 0.25) is 0 Å². The summed E-state index contributed by atoms with van der Waals surface area (Å²) >= 11 is 0. The van der Waals surface area contributed by atoms with E-state index in [1.807, 2.05) is 0 Å². The molecule has 0 aromatic rings. The fourth-order valence-corrected chi connectivity index (χ4v) is 3.09. The number of hydrogen-bond donors (Lipinski definition) is 0. The van der Waals surface area contributed by atoms with Crippen molar-refractivity contribution in [2.24, 2.45) is 11.8 Å². The predicted molar refractivity (Wildman–Crippen MR) is 86.1 cm³/mol. The fourth-order valence-electron chi connectivity index (χ4n) is 2.23. The van der Waals surface area contributed by atoms with Crippen LogP contribution in [0.4, 0.5) is 0 Å². The Balaban J connectivity index is 0. The predicted octanol–water partition coefficient (Wildman–Crippen LogP) is 4.92. The van der Waals surface area contributed by atoms with Crippen molar-refractivity contribution in [3.8, 4) is 0 Å². The first-order valence-electron chi connectivity index (χ1n) is 8.59. The van der Waals surface area contributed by atoms with Gasteiger partial charge < -0.3 is 13.9 Å². The average molecular weight is 377 g/mol. The Morgan fingerprint density at radius 3 is 1.50 bits per heavy atom. The third-order valence-electron chi connectivity index (χ3n) is 4.02. The molecule has 0 rings (SSSR count). The summed E-state index contributed by atoms with van der Waals surface area (Å²) in [5, 5.41) is 0. The van der Waals surface area contributed by atoms with E-state index in [1.165, 1.54) is 0 Å². The Bertz CT molecular complexity index is 265. The van der Waals surface area contributed by atoms with Crippen molar-refractivity contribution in [1.29, 1.82) is 0 Å². The summed E-state index contributed by atoms with van der Waals surface area (Å²) in [6.45, 7) is 8.91. The first-order chi connectivity index (χ1) is 9.99. The maximum atomic E-state index is 11.8. The van der Waals surface area contributed by atoms with E-state index in [0.29, 0.717) is 11.8 Å². The van der Waals surface area contributed by atoms with Gasteiger partial charge in [-0.25, -0.2) is 0 Å². The van der Waals surface area contributed by atoms with Gasteiger partial charge in [-0.1, -0.05) is 66.2 Å². The summed E-state index contributed by atoms with van der Waals surface area (Å²) < 4.78 is 21.9. The summed E-state index contributed by atoms with van der Waals surface area (Å²) in [5.74, 6) is 0.607. The molecular formula is C16H34FeO4P. The smallest absolute Gasteiger partial charge is 0.756 e. The van der Waals surface area contributed by atoms with Crippen LogP contribution in [-0.4, -0.2) is 13.2 Å². The van der Waals surface area contributed by atoms with Gasteiger partial charge in [-0.3, -0.25) is 4.57 Å². The maximum absolute atomic E-state index is 11.8. The molecule has 135 valence electrons. The molecule has 0 bridgehead atoms. The third-order valence-corrected chi connectivity index (χ3v) is 4.95. The van der Waals surface area contributed by atoms with Crippen LogP contribution in [0.15, 0.2) is 0 Å². The number of hydrogen-bond acceptors (Lipinski definition) is 4. The van der Waals surface area contributed by atoms with Crippen molar-refractivity contribution in [3.05, 3.63) is 0 Å². The normalized spacial score (nSPS) is 16.6. The molecule has 0 fully saturated rings. The van der Waals surface area contributed by atoms with Crippen molar-refractivity contribution in [2.45, 2.75) is 79.1 Å². The van der Waals surface area contributed by atoms with Crippen LogP contribution in [0, 0.1) is 11.8 Å². The van der Waals surface area contributed by atoms with Crippen LogP contribution in [0.25, 0.3) is 0 Å². The largest absolute Gasteiger partial charge is 1.00 e. The quantitative estimate of drug-likeness (QED) is 0.319. The van der Waals surface area contributed by atoms with Gasteiger partial charge in [-0.15, -0.1) is 0 Å². The summed E-state index contributed by atoms with van der Waals surface area (Å²) in [7, 11) is -4.14. The Morgan fingerprint density at radius 2 is 1.23 bits per heavy atom. The molecule has 0 heterocycles. The zero-order valence-corrected chi connectivity index (χ0v) is 16.7. The van der Waals surface area contributed by atoms with Crippen LogP contribution in [-0.2, 0) is 30.7 Å². The first kappa shape index (κ1) is 24.9. The van der Waals surface area contributed by atoms with Gasteiger partial charge in [0.05, 0.1) is 13.2 Å². The second-order valence-electron chi connectivity index (χ2n) is 5.87. The van der Waals surface area contributed by atoms with Gasteiger partial charge in [0.25, 0.3) is 7.82 Å². The molecule has 1 radical (unpaired) electrons. The molecule has 0 aliphatic heterocycles. The van der Waals surface area contributed by atoms with E-state index in [4.69, 9.17) is 9.05 Å². The van der Waals surface area contributed by atoms with Crippen molar-refractivity contribution >= 4 is 7.82 Å². The molecule has 4 nitrogen and oxygen atoms in total. The fraction of sp³-hybridized carbons (Fsp3) is 1.00. The molecule has 22 heavy (non-hydrogen) atoms. The first-order valence-corrected chi connectivity index (χ1v) is 10.0. The van der Waals surface area contributed by atoms with Crippen LogP contribution in [0.3, 0.4) is 0 Å². The molecule has 0 saturated heterocycles. The number of phosphoric acid groups is 1. The van der Waals surface area contributed by atoms with Gasteiger partial charge in [0.1, 0.15) is 0 Å². The number of phosphoric ester groups is 1. The molecule has 0 saturated carbocycles.